The largest absolute Gasteiger partial charge is 0.472 e. The van der Waals surface area contributed by atoms with Crippen LogP contribution in [0.2, 0.25) is 0 Å². The summed E-state index contributed by atoms with van der Waals surface area (Å²) in [6, 6.07) is 3.75. The van der Waals surface area contributed by atoms with Crippen LogP contribution in [0.3, 0.4) is 0 Å². The molecule has 0 bridgehead atoms. The van der Waals surface area contributed by atoms with Gasteiger partial charge in [-0.05, 0) is 12.1 Å². The van der Waals surface area contributed by atoms with E-state index in [9.17, 15) is 18.0 Å². The topological polar surface area (TPSA) is 60.2 Å². The summed E-state index contributed by atoms with van der Waals surface area (Å²) in [5, 5.41) is 3.96. The predicted molar refractivity (Wildman–Crippen MR) is 77.4 cm³/mol. The van der Waals surface area contributed by atoms with Crippen LogP contribution in [0.1, 0.15) is 22.5 Å². The highest BCUT2D eigenvalue weighted by atomic mass is 19.4. The van der Waals surface area contributed by atoms with Crippen LogP contribution in [-0.2, 0) is 13.2 Å². The van der Waals surface area contributed by atoms with Gasteiger partial charge in [0, 0.05) is 38.5 Å². The van der Waals surface area contributed by atoms with Crippen molar-refractivity contribution in [2.45, 2.75) is 18.7 Å². The molecule has 1 atom stereocenters. The molecule has 1 fully saturated rings. The third-order valence-corrected chi connectivity index (χ3v) is 3.82. The number of aryl methyl sites for hydroxylation is 1. The van der Waals surface area contributed by atoms with Gasteiger partial charge in [-0.1, -0.05) is 0 Å². The number of pyridine rings is 1. The number of nitrogens with zero attached hydrogens (tertiary/aromatic N) is 4. The third-order valence-electron chi connectivity index (χ3n) is 3.82. The van der Waals surface area contributed by atoms with Crippen LogP contribution in [0, 0.1) is 0 Å². The normalized spacial score (nSPS) is 18.0. The van der Waals surface area contributed by atoms with Crippen LogP contribution in [0.4, 0.5) is 13.2 Å². The molecule has 1 aliphatic rings. The third kappa shape index (κ3) is 3.34. The molecule has 0 radical (unpaired) electrons. The molecule has 1 amide bonds. The highest BCUT2D eigenvalue weighted by molar-refractivity contribution is 5.92. The van der Waals surface area contributed by atoms with Gasteiger partial charge in [0.05, 0.1) is 12.1 Å². The summed E-state index contributed by atoms with van der Waals surface area (Å²) in [4.78, 5) is 17.7. The number of amides is 1. The van der Waals surface area contributed by atoms with Gasteiger partial charge in [0.2, 0.25) is 5.88 Å². The highest BCUT2D eigenvalue weighted by Gasteiger charge is 2.32. The molecule has 6 nitrogen and oxygen atoms in total. The summed E-state index contributed by atoms with van der Waals surface area (Å²) in [6.07, 6.45) is -1.85. The van der Waals surface area contributed by atoms with Crippen LogP contribution in [0.5, 0.6) is 5.88 Å². The van der Waals surface area contributed by atoms with E-state index in [0.29, 0.717) is 25.2 Å². The highest BCUT2D eigenvalue weighted by Crippen LogP contribution is 2.29. The summed E-state index contributed by atoms with van der Waals surface area (Å²) >= 11 is 0. The van der Waals surface area contributed by atoms with E-state index in [0.717, 1.165) is 12.3 Å². The molecule has 3 heterocycles. The number of alkyl halides is 3. The Kier molecular flexibility index (Phi) is 4.16. The summed E-state index contributed by atoms with van der Waals surface area (Å²) in [5.41, 5.74) is -0.349. The summed E-state index contributed by atoms with van der Waals surface area (Å²) < 4.78 is 44.6. The van der Waals surface area contributed by atoms with Gasteiger partial charge in [0.15, 0.2) is 0 Å². The average molecular weight is 340 g/mol. The van der Waals surface area contributed by atoms with E-state index >= 15 is 0 Å². The van der Waals surface area contributed by atoms with Crippen molar-refractivity contribution < 1.29 is 22.7 Å². The maximum Gasteiger partial charge on any atom is 0.417 e. The Labute approximate surface area is 135 Å². The first-order valence-electron chi connectivity index (χ1n) is 7.32. The molecule has 0 aliphatic carbocycles. The second-order valence-electron chi connectivity index (χ2n) is 5.50. The molecule has 0 aromatic carbocycles. The van der Waals surface area contributed by atoms with E-state index < -0.39 is 11.7 Å². The molecule has 128 valence electrons. The maximum atomic E-state index is 12.5. The lowest BCUT2D eigenvalue weighted by atomic mass is 10.3. The van der Waals surface area contributed by atoms with Crippen LogP contribution >= 0.6 is 0 Å². The lowest BCUT2D eigenvalue weighted by molar-refractivity contribution is -0.137. The molecule has 1 unspecified atom stereocenters. The Balaban J connectivity index is 1.60. The zero-order valence-electron chi connectivity index (χ0n) is 12.8. The van der Waals surface area contributed by atoms with Crippen molar-refractivity contribution in [2.75, 3.05) is 13.1 Å². The maximum absolute atomic E-state index is 12.5. The Morgan fingerprint density at radius 2 is 2.12 bits per heavy atom. The molecule has 24 heavy (non-hydrogen) atoms. The Hall–Kier alpha value is -2.58. The minimum absolute atomic E-state index is 0.114. The second kappa shape index (κ2) is 6.14. The number of aromatic nitrogens is 3. The Morgan fingerprint density at radius 3 is 2.71 bits per heavy atom. The Bertz CT molecular complexity index is 727. The molecular formula is C15H15F3N4O2. The zero-order valence-corrected chi connectivity index (χ0v) is 12.8. The molecule has 3 rings (SSSR count). The van der Waals surface area contributed by atoms with Crippen molar-refractivity contribution in [3.05, 3.63) is 41.9 Å². The first kappa shape index (κ1) is 16.3. The van der Waals surface area contributed by atoms with E-state index in [2.05, 4.69) is 10.1 Å². The number of ether oxygens (including phenoxy) is 1. The summed E-state index contributed by atoms with van der Waals surface area (Å²) in [5.74, 6) is -0.0377. The zero-order chi connectivity index (χ0) is 17.3. The van der Waals surface area contributed by atoms with E-state index in [1.807, 2.05) is 0 Å². The van der Waals surface area contributed by atoms with Crippen LogP contribution < -0.4 is 4.74 Å². The smallest absolute Gasteiger partial charge is 0.417 e. The number of rotatable bonds is 3. The van der Waals surface area contributed by atoms with Gasteiger partial charge in [0.25, 0.3) is 5.91 Å². The number of hydrogen-bond acceptors (Lipinski definition) is 4. The SMILES string of the molecule is Cn1nccc1C(=O)N1CCC(Oc2ccc(C(F)(F)F)cn2)C1. The fourth-order valence-electron chi connectivity index (χ4n) is 2.54. The standard InChI is InChI=1S/C15H15F3N4O2/c1-21-12(4-6-20-21)14(23)22-7-5-11(9-22)24-13-3-2-10(8-19-13)15(16,17)18/h2-4,6,8,11H,5,7,9H2,1H3. The lowest BCUT2D eigenvalue weighted by Crippen LogP contribution is -2.32. The van der Waals surface area contributed by atoms with Crippen LogP contribution in [0.15, 0.2) is 30.6 Å². The fraction of sp³-hybridized carbons (Fsp3) is 0.400. The molecule has 0 spiro atoms. The molecule has 2 aromatic rings. The number of hydrogen-bond donors (Lipinski definition) is 0. The van der Waals surface area contributed by atoms with E-state index in [1.54, 1.807) is 24.2 Å². The first-order valence-corrected chi connectivity index (χ1v) is 7.32. The molecule has 9 heteroatoms. The first-order chi connectivity index (χ1) is 11.3. The van der Waals surface area contributed by atoms with Crippen molar-refractivity contribution in [1.82, 2.24) is 19.7 Å². The second-order valence-corrected chi connectivity index (χ2v) is 5.50. The predicted octanol–water partition coefficient (Wildman–Crippen LogP) is 2.13. The van der Waals surface area contributed by atoms with Crippen molar-refractivity contribution in [3.63, 3.8) is 0 Å². The van der Waals surface area contributed by atoms with Gasteiger partial charge in [-0.25, -0.2) is 4.98 Å². The fourth-order valence-corrected chi connectivity index (χ4v) is 2.54. The van der Waals surface area contributed by atoms with E-state index in [1.165, 1.54) is 10.7 Å². The van der Waals surface area contributed by atoms with Gasteiger partial charge < -0.3 is 9.64 Å². The van der Waals surface area contributed by atoms with E-state index in [4.69, 9.17) is 4.74 Å². The molecule has 1 aliphatic heterocycles. The van der Waals surface area contributed by atoms with Crippen molar-refractivity contribution in [2.24, 2.45) is 7.05 Å². The molecule has 2 aromatic heterocycles. The summed E-state index contributed by atoms with van der Waals surface area (Å²) in [6.45, 7) is 0.863. The number of carbonyl (C=O) groups excluding carboxylic acids is 1. The molecule has 0 saturated carbocycles. The van der Waals surface area contributed by atoms with Crippen molar-refractivity contribution in [3.8, 4) is 5.88 Å². The van der Waals surface area contributed by atoms with Gasteiger partial charge in [0.1, 0.15) is 11.8 Å². The quantitative estimate of drug-likeness (QED) is 0.859. The number of halogens is 3. The van der Waals surface area contributed by atoms with Gasteiger partial charge >= 0.3 is 6.18 Å². The van der Waals surface area contributed by atoms with Gasteiger partial charge in [-0.3, -0.25) is 9.48 Å². The van der Waals surface area contributed by atoms with E-state index in [-0.39, 0.29) is 17.9 Å². The minimum atomic E-state index is -4.43. The lowest BCUT2D eigenvalue weighted by Gasteiger charge is -2.17. The van der Waals surface area contributed by atoms with Crippen molar-refractivity contribution >= 4 is 5.91 Å². The molecule has 0 N–H and O–H groups in total. The monoisotopic (exact) mass is 340 g/mol. The number of likely N-dealkylation sites (tertiary alicyclic amines) is 1. The van der Waals surface area contributed by atoms with Crippen molar-refractivity contribution in [1.29, 1.82) is 0 Å². The summed E-state index contributed by atoms with van der Waals surface area (Å²) in [7, 11) is 1.68. The minimum Gasteiger partial charge on any atom is -0.472 e. The number of carbonyl (C=O) groups is 1. The molecular weight excluding hydrogens is 325 g/mol. The van der Waals surface area contributed by atoms with Crippen LogP contribution in [-0.4, -0.2) is 44.8 Å². The van der Waals surface area contributed by atoms with Gasteiger partial charge in [-0.15, -0.1) is 0 Å². The van der Waals surface area contributed by atoms with Crippen LogP contribution in [0.25, 0.3) is 0 Å². The van der Waals surface area contributed by atoms with Gasteiger partial charge in [-0.2, -0.15) is 18.3 Å². The molecule has 1 saturated heterocycles. The average Bonchev–Trinajstić information content (AvgIpc) is 3.15. The Morgan fingerprint density at radius 1 is 1.33 bits per heavy atom.